The molecule has 1 amide bonds. The number of carbonyl (C=O) groups is 2. The lowest BCUT2D eigenvalue weighted by atomic mass is 10.0. The lowest BCUT2D eigenvalue weighted by Gasteiger charge is -2.02. The van der Waals surface area contributed by atoms with Gasteiger partial charge in [0.15, 0.2) is 5.78 Å². The molecule has 0 bridgehead atoms. The molecule has 0 fully saturated rings. The Morgan fingerprint density at radius 2 is 1.55 bits per heavy atom. The lowest BCUT2D eigenvalue weighted by molar-refractivity contribution is 0.0962. The summed E-state index contributed by atoms with van der Waals surface area (Å²) in [6.07, 6.45) is 3.31. The second kappa shape index (κ2) is 6.85. The van der Waals surface area contributed by atoms with Gasteiger partial charge < -0.3 is 5.32 Å². The van der Waals surface area contributed by atoms with Gasteiger partial charge in [0.25, 0.3) is 5.91 Å². The van der Waals surface area contributed by atoms with Gasteiger partial charge in [-0.1, -0.05) is 30.3 Å². The molecular formula is C19H19NO2. The standard InChI is InChI=1S/C19H19NO2/c1-13-4-8-17(12-14(13)2)18(21)11-7-15-5-9-16(10-6-15)19(22)20-3/h4-12H,1-3H3,(H,20,22)/b11-7+. The topological polar surface area (TPSA) is 46.2 Å². The molecular weight excluding hydrogens is 274 g/mol. The summed E-state index contributed by atoms with van der Waals surface area (Å²) in [6.45, 7) is 4.01. The molecule has 0 aliphatic carbocycles. The summed E-state index contributed by atoms with van der Waals surface area (Å²) in [4.78, 5) is 23.6. The van der Waals surface area contributed by atoms with Gasteiger partial charge in [-0.15, -0.1) is 0 Å². The third-order valence-corrected chi connectivity index (χ3v) is 3.62. The van der Waals surface area contributed by atoms with Crippen LogP contribution in [0.5, 0.6) is 0 Å². The summed E-state index contributed by atoms with van der Waals surface area (Å²) in [5.74, 6) is -0.153. The molecule has 112 valence electrons. The van der Waals surface area contributed by atoms with Crippen molar-refractivity contribution in [2.75, 3.05) is 7.05 Å². The molecule has 0 aliphatic heterocycles. The van der Waals surface area contributed by atoms with Crippen LogP contribution in [0.25, 0.3) is 6.08 Å². The van der Waals surface area contributed by atoms with Gasteiger partial charge in [0.05, 0.1) is 0 Å². The fourth-order valence-electron chi connectivity index (χ4n) is 2.05. The number of carbonyl (C=O) groups excluding carboxylic acids is 2. The Bertz CT molecular complexity index is 728. The molecule has 2 aromatic rings. The molecule has 0 heterocycles. The first kappa shape index (κ1) is 15.7. The van der Waals surface area contributed by atoms with E-state index in [2.05, 4.69) is 5.32 Å². The lowest BCUT2D eigenvalue weighted by Crippen LogP contribution is -2.17. The maximum absolute atomic E-state index is 12.2. The highest BCUT2D eigenvalue weighted by Gasteiger charge is 2.04. The van der Waals surface area contributed by atoms with Crippen molar-refractivity contribution in [3.8, 4) is 0 Å². The molecule has 0 atom stereocenters. The van der Waals surface area contributed by atoms with Crippen LogP contribution in [0.1, 0.15) is 37.4 Å². The van der Waals surface area contributed by atoms with Crippen molar-refractivity contribution in [3.05, 3.63) is 76.4 Å². The number of benzene rings is 2. The quantitative estimate of drug-likeness (QED) is 0.692. The highest BCUT2D eigenvalue weighted by molar-refractivity contribution is 6.07. The number of allylic oxidation sites excluding steroid dienone is 1. The number of hydrogen-bond acceptors (Lipinski definition) is 2. The minimum atomic E-state index is -0.123. The Labute approximate surface area is 130 Å². The van der Waals surface area contributed by atoms with Gasteiger partial charge in [0.2, 0.25) is 0 Å². The summed E-state index contributed by atoms with van der Waals surface area (Å²) >= 11 is 0. The van der Waals surface area contributed by atoms with Crippen LogP contribution in [0.3, 0.4) is 0 Å². The third kappa shape index (κ3) is 3.70. The summed E-state index contributed by atoms with van der Waals surface area (Å²) < 4.78 is 0. The first-order chi connectivity index (χ1) is 10.5. The average Bonchev–Trinajstić information content (AvgIpc) is 2.54. The molecule has 0 radical (unpaired) electrons. The normalized spacial score (nSPS) is 10.7. The predicted octanol–water partition coefficient (Wildman–Crippen LogP) is 3.56. The molecule has 0 saturated carbocycles. The molecule has 0 aromatic heterocycles. The zero-order valence-electron chi connectivity index (χ0n) is 13.0. The van der Waals surface area contributed by atoms with E-state index >= 15 is 0 Å². The zero-order valence-corrected chi connectivity index (χ0v) is 13.0. The first-order valence-electron chi connectivity index (χ1n) is 7.13. The molecule has 3 heteroatoms. The van der Waals surface area contributed by atoms with E-state index in [0.717, 1.165) is 11.1 Å². The molecule has 0 aliphatic rings. The number of ketones is 1. The fraction of sp³-hybridized carbons (Fsp3) is 0.158. The highest BCUT2D eigenvalue weighted by Crippen LogP contribution is 2.12. The first-order valence-corrected chi connectivity index (χ1v) is 7.13. The van der Waals surface area contributed by atoms with Crippen molar-refractivity contribution in [3.63, 3.8) is 0 Å². The van der Waals surface area contributed by atoms with Crippen LogP contribution in [0, 0.1) is 13.8 Å². The summed E-state index contributed by atoms with van der Waals surface area (Å²) in [5.41, 5.74) is 4.44. The number of aryl methyl sites for hydroxylation is 2. The smallest absolute Gasteiger partial charge is 0.251 e. The van der Waals surface area contributed by atoms with Crippen LogP contribution >= 0.6 is 0 Å². The Morgan fingerprint density at radius 1 is 0.909 bits per heavy atom. The van der Waals surface area contributed by atoms with Crippen LogP contribution in [-0.4, -0.2) is 18.7 Å². The maximum atomic E-state index is 12.2. The van der Waals surface area contributed by atoms with Gasteiger partial charge in [0.1, 0.15) is 0 Å². The van der Waals surface area contributed by atoms with E-state index in [1.165, 1.54) is 5.56 Å². The second-order valence-corrected chi connectivity index (χ2v) is 5.20. The van der Waals surface area contributed by atoms with Gasteiger partial charge in [-0.3, -0.25) is 9.59 Å². The summed E-state index contributed by atoms with van der Waals surface area (Å²) in [7, 11) is 1.60. The van der Waals surface area contributed by atoms with Gasteiger partial charge in [0, 0.05) is 18.2 Å². The van der Waals surface area contributed by atoms with Crippen LogP contribution in [0.2, 0.25) is 0 Å². The number of amides is 1. The predicted molar refractivity (Wildman–Crippen MR) is 89.1 cm³/mol. The van der Waals surface area contributed by atoms with Gasteiger partial charge in [-0.05, 0) is 54.8 Å². The van der Waals surface area contributed by atoms with Gasteiger partial charge >= 0.3 is 0 Å². The number of nitrogens with one attached hydrogen (secondary N) is 1. The SMILES string of the molecule is CNC(=O)c1ccc(/C=C/C(=O)c2ccc(C)c(C)c2)cc1. The van der Waals surface area contributed by atoms with E-state index in [0.29, 0.717) is 11.1 Å². The molecule has 1 N–H and O–H groups in total. The fourth-order valence-corrected chi connectivity index (χ4v) is 2.05. The van der Waals surface area contributed by atoms with Crippen molar-refractivity contribution < 1.29 is 9.59 Å². The molecule has 0 unspecified atom stereocenters. The van der Waals surface area contributed by atoms with Crippen molar-refractivity contribution in [2.24, 2.45) is 0 Å². The number of rotatable bonds is 4. The monoisotopic (exact) mass is 293 g/mol. The molecule has 0 spiro atoms. The van der Waals surface area contributed by atoms with Crippen LogP contribution in [0.15, 0.2) is 48.5 Å². The minimum Gasteiger partial charge on any atom is -0.355 e. The highest BCUT2D eigenvalue weighted by atomic mass is 16.1. The minimum absolute atomic E-state index is 0.0292. The van der Waals surface area contributed by atoms with Gasteiger partial charge in [-0.25, -0.2) is 0 Å². The maximum Gasteiger partial charge on any atom is 0.251 e. The van der Waals surface area contributed by atoms with Crippen molar-refractivity contribution in [1.29, 1.82) is 0 Å². The zero-order chi connectivity index (χ0) is 16.1. The Hall–Kier alpha value is -2.68. The van der Waals surface area contributed by atoms with Crippen LogP contribution in [-0.2, 0) is 0 Å². The molecule has 0 saturated heterocycles. The van der Waals surface area contributed by atoms with E-state index < -0.39 is 0 Å². The van der Waals surface area contributed by atoms with Crippen LogP contribution in [0.4, 0.5) is 0 Å². The van der Waals surface area contributed by atoms with Crippen molar-refractivity contribution >= 4 is 17.8 Å². The third-order valence-electron chi connectivity index (χ3n) is 3.62. The molecule has 3 nitrogen and oxygen atoms in total. The van der Waals surface area contributed by atoms with Crippen LogP contribution < -0.4 is 5.32 Å². The second-order valence-electron chi connectivity index (χ2n) is 5.20. The Balaban J connectivity index is 2.12. The Kier molecular flexibility index (Phi) is 4.89. The average molecular weight is 293 g/mol. The largest absolute Gasteiger partial charge is 0.355 e. The van der Waals surface area contributed by atoms with E-state index in [4.69, 9.17) is 0 Å². The number of hydrogen-bond donors (Lipinski definition) is 1. The summed E-state index contributed by atoms with van der Waals surface area (Å²) in [6, 6.07) is 12.8. The van der Waals surface area contributed by atoms with Gasteiger partial charge in [-0.2, -0.15) is 0 Å². The van der Waals surface area contributed by atoms with E-state index in [-0.39, 0.29) is 11.7 Å². The van der Waals surface area contributed by atoms with E-state index in [9.17, 15) is 9.59 Å². The Morgan fingerprint density at radius 3 is 2.14 bits per heavy atom. The molecule has 2 aromatic carbocycles. The van der Waals surface area contributed by atoms with E-state index in [1.54, 1.807) is 31.3 Å². The molecule has 2 rings (SSSR count). The summed E-state index contributed by atoms with van der Waals surface area (Å²) in [5, 5.41) is 2.57. The van der Waals surface area contributed by atoms with E-state index in [1.807, 2.05) is 44.2 Å². The molecule has 22 heavy (non-hydrogen) atoms. The van der Waals surface area contributed by atoms with Crippen molar-refractivity contribution in [1.82, 2.24) is 5.32 Å². The van der Waals surface area contributed by atoms with Crippen molar-refractivity contribution in [2.45, 2.75) is 13.8 Å².